The van der Waals surface area contributed by atoms with Gasteiger partial charge in [0, 0.05) is 6.61 Å². The molecule has 0 saturated carbocycles. The molecule has 1 aromatic heterocycles. The van der Waals surface area contributed by atoms with Crippen LogP contribution < -0.4 is 5.73 Å². The third-order valence-electron chi connectivity index (χ3n) is 1.77. The summed E-state index contributed by atoms with van der Waals surface area (Å²) in [6.45, 7) is 5.22. The molecule has 1 aromatic rings. The molecule has 0 aliphatic rings. The number of halogens is 1. The Morgan fingerprint density at radius 2 is 2.46 bits per heavy atom. The molecule has 0 aromatic carbocycles. The largest absolute Gasteiger partial charge is 0.383 e. The van der Waals surface area contributed by atoms with Crippen LogP contribution in [0.4, 0.5) is 5.82 Å². The third-order valence-corrected chi connectivity index (χ3v) is 2.06. The van der Waals surface area contributed by atoms with Crippen LogP contribution in [0, 0.1) is 0 Å². The first-order valence-electron chi connectivity index (χ1n) is 4.23. The Morgan fingerprint density at radius 3 is 2.92 bits per heavy atom. The van der Waals surface area contributed by atoms with E-state index in [1.165, 1.54) is 0 Å². The standard InChI is InChI=1S/C8H14ClN3O/c1-3-13-5-6(2)12-8(10)7(9)4-11-12/h4,6H,3,5,10H2,1-2H3. The van der Waals surface area contributed by atoms with Crippen LogP contribution in [0.3, 0.4) is 0 Å². The van der Waals surface area contributed by atoms with E-state index < -0.39 is 0 Å². The van der Waals surface area contributed by atoms with Gasteiger partial charge in [0.05, 0.1) is 18.8 Å². The summed E-state index contributed by atoms with van der Waals surface area (Å²) in [6, 6.07) is 0.118. The molecule has 0 spiro atoms. The summed E-state index contributed by atoms with van der Waals surface area (Å²) >= 11 is 5.76. The zero-order chi connectivity index (χ0) is 9.84. The predicted octanol–water partition coefficient (Wildman–Crippen LogP) is 1.72. The highest BCUT2D eigenvalue weighted by atomic mass is 35.5. The molecule has 1 rings (SSSR count). The summed E-state index contributed by atoms with van der Waals surface area (Å²) in [7, 11) is 0. The smallest absolute Gasteiger partial charge is 0.140 e. The van der Waals surface area contributed by atoms with E-state index in [1.807, 2.05) is 13.8 Å². The minimum Gasteiger partial charge on any atom is -0.383 e. The van der Waals surface area contributed by atoms with Gasteiger partial charge in [0.25, 0.3) is 0 Å². The predicted molar refractivity (Wildman–Crippen MR) is 52.9 cm³/mol. The molecule has 5 heteroatoms. The highest BCUT2D eigenvalue weighted by Crippen LogP contribution is 2.20. The summed E-state index contributed by atoms with van der Waals surface area (Å²) in [5.41, 5.74) is 5.69. The molecule has 0 bridgehead atoms. The van der Waals surface area contributed by atoms with Crippen LogP contribution in [0.2, 0.25) is 5.02 Å². The van der Waals surface area contributed by atoms with E-state index >= 15 is 0 Å². The van der Waals surface area contributed by atoms with Gasteiger partial charge in [-0.05, 0) is 13.8 Å². The van der Waals surface area contributed by atoms with E-state index in [4.69, 9.17) is 22.1 Å². The van der Waals surface area contributed by atoms with E-state index in [2.05, 4.69) is 5.10 Å². The SMILES string of the molecule is CCOCC(C)n1ncc(Cl)c1N. The number of rotatable bonds is 4. The molecule has 4 nitrogen and oxygen atoms in total. The van der Waals surface area contributed by atoms with Gasteiger partial charge in [0.1, 0.15) is 10.8 Å². The lowest BCUT2D eigenvalue weighted by molar-refractivity contribution is 0.115. The van der Waals surface area contributed by atoms with Crippen LogP contribution in [0.5, 0.6) is 0 Å². The molecule has 0 fully saturated rings. The maximum atomic E-state index is 5.76. The molecule has 0 radical (unpaired) electrons. The van der Waals surface area contributed by atoms with Crippen LogP contribution in [-0.4, -0.2) is 23.0 Å². The molecular weight excluding hydrogens is 190 g/mol. The lowest BCUT2D eigenvalue weighted by Gasteiger charge is -2.13. The Kier molecular flexibility index (Phi) is 3.57. The van der Waals surface area contributed by atoms with E-state index in [1.54, 1.807) is 10.9 Å². The van der Waals surface area contributed by atoms with E-state index in [0.717, 1.165) is 0 Å². The highest BCUT2D eigenvalue weighted by molar-refractivity contribution is 6.32. The molecular formula is C8H14ClN3O. The number of anilines is 1. The minimum atomic E-state index is 0.118. The molecule has 0 amide bonds. The van der Waals surface area contributed by atoms with Gasteiger partial charge in [-0.25, -0.2) is 4.68 Å². The summed E-state index contributed by atoms with van der Waals surface area (Å²) < 4.78 is 6.92. The molecule has 2 N–H and O–H groups in total. The molecule has 13 heavy (non-hydrogen) atoms. The lowest BCUT2D eigenvalue weighted by Crippen LogP contribution is -2.15. The zero-order valence-electron chi connectivity index (χ0n) is 7.83. The topological polar surface area (TPSA) is 53.1 Å². The van der Waals surface area contributed by atoms with Gasteiger partial charge < -0.3 is 10.5 Å². The van der Waals surface area contributed by atoms with Gasteiger partial charge in [-0.15, -0.1) is 0 Å². The molecule has 0 saturated heterocycles. The number of hydrogen-bond donors (Lipinski definition) is 1. The Hall–Kier alpha value is -0.740. The zero-order valence-corrected chi connectivity index (χ0v) is 8.58. The van der Waals surface area contributed by atoms with Crippen molar-refractivity contribution >= 4 is 17.4 Å². The number of nitrogen functional groups attached to an aromatic ring is 1. The van der Waals surface area contributed by atoms with E-state index in [9.17, 15) is 0 Å². The fraction of sp³-hybridized carbons (Fsp3) is 0.625. The average molecular weight is 204 g/mol. The Labute approximate surface area is 82.6 Å². The van der Waals surface area contributed by atoms with Crippen molar-refractivity contribution in [1.82, 2.24) is 9.78 Å². The van der Waals surface area contributed by atoms with Crippen molar-refractivity contribution in [3.05, 3.63) is 11.2 Å². The van der Waals surface area contributed by atoms with E-state index in [-0.39, 0.29) is 6.04 Å². The van der Waals surface area contributed by atoms with Crippen LogP contribution in [0.25, 0.3) is 0 Å². The first kappa shape index (κ1) is 10.3. The third kappa shape index (κ3) is 2.35. The first-order chi connectivity index (χ1) is 6.16. The summed E-state index contributed by atoms with van der Waals surface area (Å²) in [6.07, 6.45) is 1.54. The van der Waals surface area contributed by atoms with Crippen LogP contribution >= 0.6 is 11.6 Å². The molecule has 74 valence electrons. The average Bonchev–Trinajstić information content (AvgIpc) is 2.44. The quantitative estimate of drug-likeness (QED) is 0.811. The van der Waals surface area contributed by atoms with Gasteiger partial charge in [0.15, 0.2) is 0 Å². The summed E-state index contributed by atoms with van der Waals surface area (Å²) in [5, 5.41) is 4.54. The fourth-order valence-electron chi connectivity index (χ4n) is 1.06. The number of hydrogen-bond acceptors (Lipinski definition) is 3. The maximum absolute atomic E-state index is 5.76. The summed E-state index contributed by atoms with van der Waals surface area (Å²) in [4.78, 5) is 0. The maximum Gasteiger partial charge on any atom is 0.140 e. The van der Waals surface area contributed by atoms with Gasteiger partial charge in [0.2, 0.25) is 0 Å². The van der Waals surface area contributed by atoms with Gasteiger partial charge in [-0.2, -0.15) is 5.10 Å². The van der Waals surface area contributed by atoms with Crippen molar-refractivity contribution < 1.29 is 4.74 Å². The number of aromatic nitrogens is 2. The monoisotopic (exact) mass is 203 g/mol. The summed E-state index contributed by atoms with van der Waals surface area (Å²) in [5.74, 6) is 0.494. The van der Waals surface area contributed by atoms with Crippen molar-refractivity contribution in [2.75, 3.05) is 18.9 Å². The minimum absolute atomic E-state index is 0.118. The van der Waals surface area contributed by atoms with Gasteiger partial charge in [-0.1, -0.05) is 11.6 Å². The van der Waals surface area contributed by atoms with Crippen molar-refractivity contribution in [2.45, 2.75) is 19.9 Å². The molecule has 1 unspecified atom stereocenters. The normalized spacial score (nSPS) is 13.2. The first-order valence-corrected chi connectivity index (χ1v) is 4.60. The van der Waals surface area contributed by atoms with Crippen molar-refractivity contribution in [2.24, 2.45) is 0 Å². The Bertz CT molecular complexity index is 274. The van der Waals surface area contributed by atoms with Crippen LogP contribution in [-0.2, 0) is 4.74 Å². The Morgan fingerprint density at radius 1 is 1.77 bits per heavy atom. The van der Waals surface area contributed by atoms with Crippen LogP contribution in [0.1, 0.15) is 19.9 Å². The lowest BCUT2D eigenvalue weighted by atomic mass is 10.4. The van der Waals surface area contributed by atoms with E-state index in [0.29, 0.717) is 24.1 Å². The number of nitrogens with zero attached hydrogens (tertiary/aromatic N) is 2. The van der Waals surface area contributed by atoms with Crippen LogP contribution in [0.15, 0.2) is 6.20 Å². The fourth-order valence-corrected chi connectivity index (χ4v) is 1.19. The molecule has 1 heterocycles. The highest BCUT2D eigenvalue weighted by Gasteiger charge is 2.11. The Balaban J connectivity index is 2.65. The molecule has 0 aliphatic heterocycles. The van der Waals surface area contributed by atoms with Crippen molar-refractivity contribution in [3.63, 3.8) is 0 Å². The van der Waals surface area contributed by atoms with Gasteiger partial charge in [-0.3, -0.25) is 0 Å². The molecule has 0 aliphatic carbocycles. The van der Waals surface area contributed by atoms with Crippen molar-refractivity contribution in [3.8, 4) is 0 Å². The number of ether oxygens (including phenoxy) is 1. The molecule has 1 atom stereocenters. The van der Waals surface area contributed by atoms with Gasteiger partial charge >= 0.3 is 0 Å². The van der Waals surface area contributed by atoms with Crippen molar-refractivity contribution in [1.29, 1.82) is 0 Å². The number of nitrogens with two attached hydrogens (primary N) is 1. The second-order valence-corrected chi connectivity index (χ2v) is 3.24. The second kappa shape index (κ2) is 4.48. The second-order valence-electron chi connectivity index (χ2n) is 2.83.